The van der Waals surface area contributed by atoms with E-state index >= 15 is 0 Å². The van der Waals surface area contributed by atoms with Crippen LogP contribution in [0.25, 0.3) is 0 Å². The van der Waals surface area contributed by atoms with Crippen molar-refractivity contribution in [1.82, 2.24) is 4.98 Å². The molecule has 0 aliphatic carbocycles. The molecule has 0 atom stereocenters. The van der Waals surface area contributed by atoms with Gasteiger partial charge in [0.15, 0.2) is 0 Å². The number of hydrogen-bond donors (Lipinski definition) is 2. The highest BCUT2D eigenvalue weighted by Crippen LogP contribution is 2.19. The van der Waals surface area contributed by atoms with E-state index in [4.69, 9.17) is 5.73 Å². The van der Waals surface area contributed by atoms with E-state index in [2.05, 4.69) is 38.1 Å². The number of anilines is 2. The Bertz CT molecular complexity index is 365. The molecule has 0 aliphatic heterocycles. The van der Waals surface area contributed by atoms with Crippen molar-refractivity contribution in [3.63, 3.8) is 0 Å². The summed E-state index contributed by atoms with van der Waals surface area (Å²) in [4.78, 5) is 4.14. The molecule has 0 radical (unpaired) electrons. The summed E-state index contributed by atoms with van der Waals surface area (Å²) >= 11 is 3.30. The number of aromatic nitrogens is 1. The molecule has 74 valence electrons. The fourth-order valence-corrected chi connectivity index (χ4v) is 1.32. The summed E-state index contributed by atoms with van der Waals surface area (Å²) in [5, 5.41) is 3.12. The van der Waals surface area contributed by atoms with Gasteiger partial charge in [-0.1, -0.05) is 0 Å². The van der Waals surface area contributed by atoms with Gasteiger partial charge in [-0.25, -0.2) is 4.98 Å². The number of hydrogen-bond acceptors (Lipinski definition) is 3. The van der Waals surface area contributed by atoms with E-state index in [0.717, 1.165) is 17.4 Å². The molecular weight excluding hydrogens is 242 g/mol. The average Bonchev–Trinajstić information content (AvgIpc) is 2.15. The molecule has 1 aromatic rings. The second-order valence-corrected chi connectivity index (χ2v) is 3.61. The SMILES string of the molecule is CC#CCCNc1ncc(Br)cc1N. The highest BCUT2D eigenvalue weighted by Gasteiger charge is 1.99. The van der Waals surface area contributed by atoms with Crippen LogP contribution in [0.15, 0.2) is 16.7 Å². The summed E-state index contributed by atoms with van der Waals surface area (Å²) in [6.45, 7) is 2.59. The van der Waals surface area contributed by atoms with E-state index in [-0.39, 0.29) is 0 Å². The van der Waals surface area contributed by atoms with Crippen molar-refractivity contribution < 1.29 is 0 Å². The third-order valence-electron chi connectivity index (χ3n) is 1.60. The minimum atomic E-state index is 0.642. The van der Waals surface area contributed by atoms with E-state index in [0.29, 0.717) is 11.5 Å². The number of pyridine rings is 1. The molecular formula is C10H12BrN3. The van der Waals surface area contributed by atoms with Crippen LogP contribution >= 0.6 is 15.9 Å². The first kappa shape index (κ1) is 10.9. The Morgan fingerprint density at radius 2 is 2.43 bits per heavy atom. The molecule has 0 amide bonds. The molecule has 0 spiro atoms. The predicted molar refractivity (Wildman–Crippen MR) is 62.9 cm³/mol. The maximum Gasteiger partial charge on any atom is 0.149 e. The zero-order valence-corrected chi connectivity index (χ0v) is 9.56. The summed E-state index contributed by atoms with van der Waals surface area (Å²) in [5.41, 5.74) is 6.39. The summed E-state index contributed by atoms with van der Waals surface area (Å²) in [6.07, 6.45) is 2.51. The number of nitrogens with one attached hydrogen (secondary N) is 1. The molecule has 1 heterocycles. The quantitative estimate of drug-likeness (QED) is 0.642. The molecule has 4 heteroatoms. The molecule has 0 aliphatic rings. The molecule has 0 fully saturated rings. The van der Waals surface area contributed by atoms with Gasteiger partial charge >= 0.3 is 0 Å². The topological polar surface area (TPSA) is 50.9 Å². The monoisotopic (exact) mass is 253 g/mol. The summed E-state index contributed by atoms with van der Waals surface area (Å²) in [5.74, 6) is 6.50. The fraction of sp³-hybridized carbons (Fsp3) is 0.300. The van der Waals surface area contributed by atoms with Crippen molar-refractivity contribution in [2.75, 3.05) is 17.6 Å². The lowest BCUT2D eigenvalue weighted by molar-refractivity contribution is 1.07. The Kier molecular flexibility index (Phi) is 4.27. The van der Waals surface area contributed by atoms with Gasteiger partial charge in [-0.15, -0.1) is 11.8 Å². The molecule has 0 bridgehead atoms. The van der Waals surface area contributed by atoms with Gasteiger partial charge in [0.2, 0.25) is 0 Å². The number of nitrogens with two attached hydrogens (primary N) is 1. The maximum absolute atomic E-state index is 5.75. The molecule has 1 rings (SSSR count). The van der Waals surface area contributed by atoms with Crippen molar-refractivity contribution in [3.8, 4) is 11.8 Å². The first-order chi connectivity index (χ1) is 6.74. The second kappa shape index (κ2) is 5.51. The van der Waals surface area contributed by atoms with Crippen LogP contribution in [0.2, 0.25) is 0 Å². The van der Waals surface area contributed by atoms with Crippen LogP contribution in [0.3, 0.4) is 0 Å². The highest BCUT2D eigenvalue weighted by atomic mass is 79.9. The number of nitrogen functional groups attached to an aromatic ring is 1. The molecule has 1 aromatic heterocycles. The Labute approximate surface area is 92.2 Å². The first-order valence-electron chi connectivity index (χ1n) is 4.28. The first-order valence-corrected chi connectivity index (χ1v) is 5.08. The highest BCUT2D eigenvalue weighted by molar-refractivity contribution is 9.10. The van der Waals surface area contributed by atoms with Gasteiger partial charge in [0, 0.05) is 23.6 Å². The van der Waals surface area contributed by atoms with Crippen molar-refractivity contribution in [3.05, 3.63) is 16.7 Å². The summed E-state index contributed by atoms with van der Waals surface area (Å²) in [7, 11) is 0. The molecule has 14 heavy (non-hydrogen) atoms. The summed E-state index contributed by atoms with van der Waals surface area (Å²) in [6, 6.07) is 1.82. The maximum atomic E-state index is 5.75. The molecule has 0 saturated carbocycles. The van der Waals surface area contributed by atoms with Gasteiger partial charge in [0.05, 0.1) is 5.69 Å². The normalized spacial score (nSPS) is 9.00. The summed E-state index contributed by atoms with van der Waals surface area (Å²) < 4.78 is 0.883. The van der Waals surface area contributed by atoms with Crippen LogP contribution in [-0.4, -0.2) is 11.5 Å². The van der Waals surface area contributed by atoms with Gasteiger partial charge in [-0.2, -0.15) is 0 Å². The molecule has 0 unspecified atom stereocenters. The lowest BCUT2D eigenvalue weighted by Crippen LogP contribution is -2.05. The van der Waals surface area contributed by atoms with Crippen molar-refractivity contribution in [1.29, 1.82) is 0 Å². The third-order valence-corrected chi connectivity index (χ3v) is 2.04. The number of rotatable bonds is 3. The largest absolute Gasteiger partial charge is 0.396 e. The molecule has 3 N–H and O–H groups in total. The van der Waals surface area contributed by atoms with Crippen molar-refractivity contribution in [2.45, 2.75) is 13.3 Å². The van der Waals surface area contributed by atoms with Gasteiger partial charge in [0.25, 0.3) is 0 Å². The lowest BCUT2D eigenvalue weighted by atomic mass is 10.3. The van der Waals surface area contributed by atoms with E-state index in [1.54, 1.807) is 6.20 Å². The van der Waals surface area contributed by atoms with Crippen LogP contribution in [0.5, 0.6) is 0 Å². The van der Waals surface area contributed by atoms with Crippen LogP contribution in [0.1, 0.15) is 13.3 Å². The van der Waals surface area contributed by atoms with E-state index in [1.807, 2.05) is 13.0 Å². The van der Waals surface area contributed by atoms with Gasteiger partial charge in [0.1, 0.15) is 5.82 Å². The van der Waals surface area contributed by atoms with E-state index in [9.17, 15) is 0 Å². The smallest absolute Gasteiger partial charge is 0.149 e. The zero-order chi connectivity index (χ0) is 10.4. The zero-order valence-electron chi connectivity index (χ0n) is 7.97. The van der Waals surface area contributed by atoms with Crippen LogP contribution in [0.4, 0.5) is 11.5 Å². The fourth-order valence-electron chi connectivity index (χ4n) is 0.971. The number of nitrogens with zero attached hydrogens (tertiary/aromatic N) is 1. The lowest BCUT2D eigenvalue weighted by Gasteiger charge is -2.06. The Morgan fingerprint density at radius 1 is 1.64 bits per heavy atom. The Morgan fingerprint density at radius 3 is 3.07 bits per heavy atom. The van der Waals surface area contributed by atoms with Crippen LogP contribution in [0, 0.1) is 11.8 Å². The van der Waals surface area contributed by atoms with Crippen LogP contribution < -0.4 is 11.1 Å². The van der Waals surface area contributed by atoms with Crippen LogP contribution in [-0.2, 0) is 0 Å². The molecule has 3 nitrogen and oxygen atoms in total. The second-order valence-electron chi connectivity index (χ2n) is 2.69. The predicted octanol–water partition coefficient (Wildman–Crippen LogP) is 2.25. The Balaban J connectivity index is 2.53. The average molecular weight is 254 g/mol. The third kappa shape index (κ3) is 3.27. The number of halogens is 1. The van der Waals surface area contributed by atoms with Crippen molar-refractivity contribution >= 4 is 27.4 Å². The van der Waals surface area contributed by atoms with Gasteiger partial charge in [-0.05, 0) is 28.9 Å². The van der Waals surface area contributed by atoms with Gasteiger partial charge in [-0.3, -0.25) is 0 Å². The van der Waals surface area contributed by atoms with E-state index < -0.39 is 0 Å². The van der Waals surface area contributed by atoms with Gasteiger partial charge < -0.3 is 11.1 Å². The minimum absolute atomic E-state index is 0.642. The van der Waals surface area contributed by atoms with Crippen molar-refractivity contribution in [2.24, 2.45) is 0 Å². The Hall–Kier alpha value is -1.21. The molecule has 0 saturated heterocycles. The van der Waals surface area contributed by atoms with E-state index in [1.165, 1.54) is 0 Å². The standard InChI is InChI=1S/C10H12BrN3/c1-2-3-4-5-13-10-9(12)6-8(11)7-14-10/h6-7H,4-5,12H2,1H3,(H,13,14). The molecule has 0 aromatic carbocycles. The minimum Gasteiger partial charge on any atom is -0.396 e.